The van der Waals surface area contributed by atoms with Crippen LogP contribution < -0.4 is 0 Å². The van der Waals surface area contributed by atoms with Gasteiger partial charge in [-0.3, -0.25) is 4.90 Å². The third-order valence-corrected chi connectivity index (χ3v) is 4.36. The molecule has 0 bridgehead atoms. The predicted octanol–water partition coefficient (Wildman–Crippen LogP) is 3.49. The number of ether oxygens (including phenoxy) is 1. The zero-order valence-corrected chi connectivity index (χ0v) is 13.4. The van der Waals surface area contributed by atoms with Crippen molar-refractivity contribution in [3.8, 4) is 0 Å². The molecule has 0 atom stereocenters. The first kappa shape index (κ1) is 15.3. The second-order valence-electron chi connectivity index (χ2n) is 4.90. The minimum atomic E-state index is -0.237. The Morgan fingerprint density at radius 2 is 1.90 bits per heavy atom. The summed E-state index contributed by atoms with van der Waals surface area (Å²) in [7, 11) is 0. The number of rotatable bonds is 4. The Balaban J connectivity index is 1.89. The summed E-state index contributed by atoms with van der Waals surface area (Å²) in [5, 5.41) is 0. The first-order valence-corrected chi connectivity index (χ1v) is 7.81. The van der Waals surface area contributed by atoms with E-state index in [-0.39, 0.29) is 5.97 Å². The van der Waals surface area contributed by atoms with Gasteiger partial charge >= 0.3 is 5.97 Å². The lowest BCUT2D eigenvalue weighted by Crippen LogP contribution is -2.30. The average molecular weight is 338 g/mol. The van der Waals surface area contributed by atoms with Gasteiger partial charge in [-0.2, -0.15) is 0 Å². The normalized spacial score (nSPS) is 16.0. The number of benzene rings is 1. The number of piperidine rings is 1. The third kappa shape index (κ3) is 4.18. The van der Waals surface area contributed by atoms with Crippen LogP contribution in [0, 0.1) is 0 Å². The lowest BCUT2D eigenvalue weighted by Gasteiger charge is -2.28. The van der Waals surface area contributed by atoms with E-state index in [0.29, 0.717) is 11.1 Å². The number of esters is 1. The summed E-state index contributed by atoms with van der Waals surface area (Å²) in [5.74, 6) is -0.237. The second-order valence-corrected chi connectivity index (χ2v) is 5.69. The topological polar surface area (TPSA) is 29.5 Å². The van der Waals surface area contributed by atoms with E-state index in [1.807, 2.05) is 13.0 Å². The highest BCUT2D eigenvalue weighted by molar-refractivity contribution is 9.12. The fourth-order valence-electron chi connectivity index (χ4n) is 2.38. The molecule has 1 fully saturated rings. The monoisotopic (exact) mass is 337 g/mol. The number of carbonyl (C=O) groups excluding carboxylic acids is 1. The largest absolute Gasteiger partial charge is 0.462 e. The maximum absolute atomic E-state index is 11.7. The molecular formula is C16H20BrNO2. The smallest absolute Gasteiger partial charge is 0.345 e. The van der Waals surface area contributed by atoms with E-state index in [9.17, 15) is 4.79 Å². The van der Waals surface area contributed by atoms with Crippen LogP contribution in [-0.4, -0.2) is 30.6 Å². The Kier molecular flexibility index (Phi) is 5.80. The lowest BCUT2D eigenvalue weighted by molar-refractivity contribution is -0.137. The van der Waals surface area contributed by atoms with Gasteiger partial charge in [-0.05, 0) is 46.8 Å². The first-order valence-electron chi connectivity index (χ1n) is 7.01. The molecule has 0 aromatic heterocycles. The van der Waals surface area contributed by atoms with Crippen LogP contribution >= 0.6 is 15.9 Å². The Labute approximate surface area is 128 Å². The second kappa shape index (κ2) is 7.60. The summed E-state index contributed by atoms with van der Waals surface area (Å²) < 4.78 is 5.65. The molecule has 0 aliphatic carbocycles. The average Bonchev–Trinajstić information content (AvgIpc) is 2.48. The van der Waals surface area contributed by atoms with Crippen LogP contribution in [0.5, 0.6) is 0 Å². The molecule has 1 heterocycles. The van der Waals surface area contributed by atoms with Crippen LogP contribution in [-0.2, 0) is 16.1 Å². The molecule has 1 aromatic carbocycles. The first-order chi connectivity index (χ1) is 9.70. The summed E-state index contributed by atoms with van der Waals surface area (Å²) in [6, 6.07) is 10.5. The molecule has 4 heteroatoms. The molecule has 20 heavy (non-hydrogen) atoms. The summed E-state index contributed by atoms with van der Waals surface area (Å²) in [4.78, 5) is 14.1. The van der Waals surface area contributed by atoms with E-state index in [1.165, 1.54) is 11.1 Å². The van der Waals surface area contributed by atoms with Gasteiger partial charge in [0.25, 0.3) is 0 Å². The number of nitrogens with zero attached hydrogens (tertiary/aromatic N) is 1. The number of hydrogen-bond acceptors (Lipinski definition) is 3. The van der Waals surface area contributed by atoms with Crippen molar-refractivity contribution in [1.29, 1.82) is 0 Å². The van der Waals surface area contributed by atoms with Crippen LogP contribution in [0.4, 0.5) is 0 Å². The number of carbonyl (C=O) groups is 1. The summed E-state index contributed by atoms with van der Waals surface area (Å²) >= 11 is 3.38. The van der Waals surface area contributed by atoms with Crippen molar-refractivity contribution < 1.29 is 9.53 Å². The summed E-state index contributed by atoms with van der Waals surface area (Å²) in [5.41, 5.74) is 2.51. The Morgan fingerprint density at radius 3 is 2.50 bits per heavy atom. The van der Waals surface area contributed by atoms with Crippen LogP contribution in [0.2, 0.25) is 0 Å². The van der Waals surface area contributed by atoms with Gasteiger partial charge in [0.1, 0.15) is 4.48 Å². The van der Waals surface area contributed by atoms with Crippen molar-refractivity contribution in [1.82, 2.24) is 4.90 Å². The molecule has 0 spiro atoms. The molecular weight excluding hydrogens is 318 g/mol. The van der Waals surface area contributed by atoms with Gasteiger partial charge in [0.05, 0.1) is 6.61 Å². The lowest BCUT2D eigenvalue weighted by atomic mass is 10.0. The highest BCUT2D eigenvalue weighted by Crippen LogP contribution is 2.25. The van der Waals surface area contributed by atoms with Gasteiger partial charge < -0.3 is 4.74 Å². The van der Waals surface area contributed by atoms with Gasteiger partial charge in [-0.15, -0.1) is 0 Å². The van der Waals surface area contributed by atoms with Gasteiger partial charge in [-0.25, -0.2) is 4.79 Å². The minimum Gasteiger partial charge on any atom is -0.462 e. The molecule has 0 amide bonds. The van der Waals surface area contributed by atoms with Crippen LogP contribution in [0.3, 0.4) is 0 Å². The summed E-state index contributed by atoms with van der Waals surface area (Å²) in [6.07, 6.45) is 1.85. The van der Waals surface area contributed by atoms with Crippen molar-refractivity contribution in [2.45, 2.75) is 26.3 Å². The third-order valence-electron chi connectivity index (χ3n) is 3.47. The van der Waals surface area contributed by atoms with E-state index in [2.05, 4.69) is 45.1 Å². The number of likely N-dealkylation sites (tertiary alicyclic amines) is 1. The van der Waals surface area contributed by atoms with Gasteiger partial charge in [0.2, 0.25) is 0 Å². The van der Waals surface area contributed by atoms with Crippen LogP contribution in [0.25, 0.3) is 0 Å². The zero-order valence-electron chi connectivity index (χ0n) is 11.8. The van der Waals surface area contributed by atoms with Crippen molar-refractivity contribution >= 4 is 21.9 Å². The van der Waals surface area contributed by atoms with Crippen molar-refractivity contribution in [3.05, 3.63) is 46.0 Å². The number of halogens is 1. The number of hydrogen-bond donors (Lipinski definition) is 0. The Bertz CT molecular complexity index is 475. The molecule has 3 nitrogen and oxygen atoms in total. The molecule has 0 unspecified atom stereocenters. The SMILES string of the molecule is CCOC(=O)C(Br)=C1CCN(Cc2ccccc2)CC1. The Hall–Kier alpha value is -1.13. The fourth-order valence-corrected chi connectivity index (χ4v) is 2.89. The molecule has 0 radical (unpaired) electrons. The highest BCUT2D eigenvalue weighted by Gasteiger charge is 2.19. The van der Waals surface area contributed by atoms with E-state index in [1.54, 1.807) is 0 Å². The molecule has 1 aromatic rings. The van der Waals surface area contributed by atoms with E-state index < -0.39 is 0 Å². The molecule has 0 N–H and O–H groups in total. The highest BCUT2D eigenvalue weighted by atomic mass is 79.9. The maximum atomic E-state index is 11.7. The minimum absolute atomic E-state index is 0.237. The standard InChI is InChI=1S/C16H20BrNO2/c1-2-20-16(19)15(17)14-8-10-18(11-9-14)12-13-6-4-3-5-7-13/h3-7H,2,8-12H2,1H3. The van der Waals surface area contributed by atoms with Gasteiger partial charge in [0, 0.05) is 19.6 Å². The van der Waals surface area contributed by atoms with Gasteiger partial charge in [-0.1, -0.05) is 30.3 Å². The molecule has 1 aliphatic heterocycles. The quantitative estimate of drug-likeness (QED) is 0.622. The van der Waals surface area contributed by atoms with Crippen LogP contribution in [0.15, 0.2) is 40.4 Å². The molecule has 2 rings (SSSR count). The van der Waals surface area contributed by atoms with Gasteiger partial charge in [0.15, 0.2) is 0 Å². The maximum Gasteiger partial charge on any atom is 0.345 e. The molecule has 108 valence electrons. The Morgan fingerprint density at radius 1 is 1.25 bits per heavy atom. The van der Waals surface area contributed by atoms with Crippen molar-refractivity contribution in [2.75, 3.05) is 19.7 Å². The summed E-state index contributed by atoms with van der Waals surface area (Å²) in [6.45, 7) is 5.19. The van der Waals surface area contributed by atoms with Crippen molar-refractivity contribution in [2.24, 2.45) is 0 Å². The van der Waals surface area contributed by atoms with E-state index >= 15 is 0 Å². The fraction of sp³-hybridized carbons (Fsp3) is 0.438. The molecule has 1 aliphatic rings. The van der Waals surface area contributed by atoms with E-state index in [0.717, 1.165) is 32.5 Å². The molecule has 0 saturated carbocycles. The molecule has 1 saturated heterocycles. The van der Waals surface area contributed by atoms with Crippen LogP contribution in [0.1, 0.15) is 25.3 Å². The predicted molar refractivity (Wildman–Crippen MR) is 83.5 cm³/mol. The van der Waals surface area contributed by atoms with Crippen molar-refractivity contribution in [3.63, 3.8) is 0 Å². The zero-order chi connectivity index (χ0) is 14.4. The van der Waals surface area contributed by atoms with E-state index in [4.69, 9.17) is 4.74 Å².